The van der Waals surface area contributed by atoms with E-state index in [0.29, 0.717) is 6.54 Å². The number of rotatable bonds is 6. The molecule has 5 nitrogen and oxygen atoms in total. The molecule has 0 aromatic carbocycles. The fourth-order valence-electron chi connectivity index (χ4n) is 1.53. The Hall–Kier alpha value is -1.56. The standard InChI is InChI=1S/C14H21N3O2S/c1-5-17(4)14(19)10(2)16-13(18)11(3)20-12-8-6-7-9-15-12/h6-11H,5H2,1-4H3,(H,16,18)/t10-,11+/m1/s1. The van der Waals surface area contributed by atoms with Gasteiger partial charge in [0.2, 0.25) is 11.8 Å². The van der Waals surface area contributed by atoms with Gasteiger partial charge in [0.1, 0.15) is 6.04 Å². The van der Waals surface area contributed by atoms with Gasteiger partial charge in [0, 0.05) is 19.8 Å². The molecule has 0 unspecified atom stereocenters. The maximum atomic E-state index is 12.0. The van der Waals surface area contributed by atoms with Crippen LogP contribution < -0.4 is 5.32 Å². The molecule has 0 spiro atoms. The molecule has 1 N–H and O–H groups in total. The van der Waals surface area contributed by atoms with E-state index in [2.05, 4.69) is 10.3 Å². The summed E-state index contributed by atoms with van der Waals surface area (Å²) in [4.78, 5) is 29.7. The summed E-state index contributed by atoms with van der Waals surface area (Å²) in [7, 11) is 1.72. The molecule has 1 rings (SSSR count). The molecule has 0 saturated heterocycles. The quantitative estimate of drug-likeness (QED) is 0.809. The first kappa shape index (κ1) is 16.5. The average Bonchev–Trinajstić information content (AvgIpc) is 2.46. The Morgan fingerprint density at radius 2 is 2.10 bits per heavy atom. The summed E-state index contributed by atoms with van der Waals surface area (Å²) < 4.78 is 0. The Balaban J connectivity index is 2.51. The van der Waals surface area contributed by atoms with Crippen LogP contribution in [0.2, 0.25) is 0 Å². The molecule has 0 aliphatic rings. The van der Waals surface area contributed by atoms with Crippen LogP contribution in [0.3, 0.4) is 0 Å². The maximum Gasteiger partial charge on any atom is 0.244 e. The third-order valence-electron chi connectivity index (χ3n) is 2.88. The van der Waals surface area contributed by atoms with Gasteiger partial charge in [-0.2, -0.15) is 0 Å². The number of carbonyl (C=O) groups is 2. The average molecular weight is 295 g/mol. The second kappa shape index (κ2) is 7.89. The molecule has 0 saturated carbocycles. The van der Waals surface area contributed by atoms with Gasteiger partial charge in [-0.05, 0) is 32.9 Å². The third-order valence-corrected chi connectivity index (χ3v) is 3.93. The van der Waals surface area contributed by atoms with Crippen LogP contribution in [-0.2, 0) is 9.59 Å². The van der Waals surface area contributed by atoms with Gasteiger partial charge < -0.3 is 10.2 Å². The molecule has 2 amide bonds. The van der Waals surface area contributed by atoms with Crippen molar-refractivity contribution in [2.45, 2.75) is 37.1 Å². The van der Waals surface area contributed by atoms with E-state index in [1.807, 2.05) is 25.1 Å². The molecule has 0 bridgehead atoms. The highest BCUT2D eigenvalue weighted by molar-refractivity contribution is 8.00. The Labute approximate surface area is 124 Å². The molecule has 1 heterocycles. The number of thioether (sulfide) groups is 1. The molecule has 0 radical (unpaired) electrons. The van der Waals surface area contributed by atoms with Crippen molar-refractivity contribution in [1.29, 1.82) is 0 Å². The number of hydrogen-bond acceptors (Lipinski definition) is 4. The first-order chi connectivity index (χ1) is 9.45. The van der Waals surface area contributed by atoms with E-state index in [9.17, 15) is 9.59 Å². The van der Waals surface area contributed by atoms with Gasteiger partial charge in [0.05, 0.1) is 10.3 Å². The van der Waals surface area contributed by atoms with Crippen LogP contribution in [0.4, 0.5) is 0 Å². The van der Waals surface area contributed by atoms with Crippen LogP contribution in [-0.4, -0.2) is 46.6 Å². The molecule has 0 aliphatic carbocycles. The van der Waals surface area contributed by atoms with E-state index in [1.165, 1.54) is 11.8 Å². The molecular weight excluding hydrogens is 274 g/mol. The fourth-order valence-corrected chi connectivity index (χ4v) is 2.35. The first-order valence-electron chi connectivity index (χ1n) is 6.58. The number of amides is 2. The van der Waals surface area contributed by atoms with Crippen molar-refractivity contribution >= 4 is 23.6 Å². The summed E-state index contributed by atoms with van der Waals surface area (Å²) in [5.41, 5.74) is 0. The molecule has 1 aromatic heterocycles. The third kappa shape index (κ3) is 4.85. The molecule has 0 fully saturated rings. The van der Waals surface area contributed by atoms with E-state index in [1.54, 1.807) is 32.0 Å². The van der Waals surface area contributed by atoms with E-state index >= 15 is 0 Å². The monoisotopic (exact) mass is 295 g/mol. The van der Waals surface area contributed by atoms with E-state index < -0.39 is 6.04 Å². The zero-order valence-corrected chi connectivity index (χ0v) is 13.1. The Morgan fingerprint density at radius 1 is 1.40 bits per heavy atom. The Bertz CT molecular complexity index is 453. The minimum absolute atomic E-state index is 0.0871. The van der Waals surface area contributed by atoms with Crippen LogP contribution in [0.5, 0.6) is 0 Å². The van der Waals surface area contributed by atoms with Crippen LogP contribution in [0.15, 0.2) is 29.4 Å². The van der Waals surface area contributed by atoms with Crippen molar-refractivity contribution in [3.8, 4) is 0 Å². The van der Waals surface area contributed by atoms with Crippen molar-refractivity contribution in [3.05, 3.63) is 24.4 Å². The van der Waals surface area contributed by atoms with Gasteiger partial charge >= 0.3 is 0 Å². The van der Waals surface area contributed by atoms with Crippen LogP contribution in [0.25, 0.3) is 0 Å². The van der Waals surface area contributed by atoms with E-state index in [-0.39, 0.29) is 17.1 Å². The molecule has 6 heteroatoms. The summed E-state index contributed by atoms with van der Waals surface area (Å²) >= 11 is 1.37. The summed E-state index contributed by atoms with van der Waals surface area (Å²) in [6, 6.07) is 5.05. The first-order valence-corrected chi connectivity index (χ1v) is 7.46. The highest BCUT2D eigenvalue weighted by Gasteiger charge is 2.22. The van der Waals surface area contributed by atoms with Gasteiger partial charge in [-0.25, -0.2) is 4.98 Å². The Morgan fingerprint density at radius 3 is 2.65 bits per heavy atom. The van der Waals surface area contributed by atoms with Gasteiger partial charge in [-0.1, -0.05) is 17.8 Å². The number of hydrogen-bond donors (Lipinski definition) is 1. The van der Waals surface area contributed by atoms with Crippen molar-refractivity contribution < 1.29 is 9.59 Å². The van der Waals surface area contributed by atoms with Crippen LogP contribution in [0.1, 0.15) is 20.8 Å². The summed E-state index contributed by atoms with van der Waals surface area (Å²) in [6.45, 7) is 6.02. The number of nitrogens with one attached hydrogen (secondary N) is 1. The smallest absolute Gasteiger partial charge is 0.244 e. The molecule has 1 aromatic rings. The zero-order valence-electron chi connectivity index (χ0n) is 12.3. The minimum atomic E-state index is -0.515. The van der Waals surface area contributed by atoms with Gasteiger partial charge in [0.25, 0.3) is 0 Å². The fraction of sp³-hybridized carbons (Fsp3) is 0.500. The lowest BCUT2D eigenvalue weighted by atomic mass is 10.2. The number of nitrogens with zero attached hydrogens (tertiary/aromatic N) is 2. The predicted octanol–water partition coefficient (Wildman–Crippen LogP) is 1.55. The second-order valence-electron chi connectivity index (χ2n) is 4.51. The lowest BCUT2D eigenvalue weighted by Crippen LogP contribution is -2.47. The van der Waals surface area contributed by atoms with Crippen LogP contribution >= 0.6 is 11.8 Å². The normalized spacial score (nSPS) is 13.4. The molecule has 2 atom stereocenters. The largest absolute Gasteiger partial charge is 0.344 e. The number of pyridine rings is 1. The van der Waals surface area contributed by atoms with Crippen molar-refractivity contribution in [1.82, 2.24) is 15.2 Å². The van der Waals surface area contributed by atoms with Gasteiger partial charge in [-0.3, -0.25) is 9.59 Å². The Kier molecular flexibility index (Phi) is 6.51. The second-order valence-corrected chi connectivity index (χ2v) is 5.87. The summed E-state index contributed by atoms with van der Waals surface area (Å²) in [5.74, 6) is -0.248. The van der Waals surface area contributed by atoms with E-state index in [0.717, 1.165) is 5.03 Å². The lowest BCUT2D eigenvalue weighted by molar-refractivity contribution is -0.134. The van der Waals surface area contributed by atoms with E-state index in [4.69, 9.17) is 0 Å². The molecule has 110 valence electrons. The van der Waals surface area contributed by atoms with Crippen molar-refractivity contribution in [3.63, 3.8) is 0 Å². The van der Waals surface area contributed by atoms with Crippen molar-refractivity contribution in [2.75, 3.05) is 13.6 Å². The molecule has 20 heavy (non-hydrogen) atoms. The summed E-state index contributed by atoms with van der Waals surface area (Å²) in [6.07, 6.45) is 1.69. The highest BCUT2D eigenvalue weighted by Crippen LogP contribution is 2.20. The highest BCUT2D eigenvalue weighted by atomic mass is 32.2. The zero-order chi connectivity index (χ0) is 15.1. The topological polar surface area (TPSA) is 62.3 Å². The summed E-state index contributed by atoms with van der Waals surface area (Å²) in [5, 5.41) is 3.23. The van der Waals surface area contributed by atoms with Crippen LogP contribution in [0, 0.1) is 0 Å². The SMILES string of the molecule is CCN(C)C(=O)[C@@H](C)NC(=O)[C@H](C)Sc1ccccn1. The molecule has 0 aliphatic heterocycles. The number of carbonyl (C=O) groups excluding carboxylic acids is 2. The number of likely N-dealkylation sites (N-methyl/N-ethyl adjacent to an activating group) is 1. The predicted molar refractivity (Wildman–Crippen MR) is 80.5 cm³/mol. The minimum Gasteiger partial charge on any atom is -0.344 e. The maximum absolute atomic E-state index is 12.0. The van der Waals surface area contributed by atoms with Crippen molar-refractivity contribution in [2.24, 2.45) is 0 Å². The molecular formula is C14H21N3O2S. The van der Waals surface area contributed by atoms with Gasteiger partial charge in [0.15, 0.2) is 0 Å². The lowest BCUT2D eigenvalue weighted by Gasteiger charge is -2.21. The number of aromatic nitrogens is 1. The van der Waals surface area contributed by atoms with Gasteiger partial charge in [-0.15, -0.1) is 0 Å².